The Morgan fingerprint density at radius 2 is 2.06 bits per heavy atom. The van der Waals surface area contributed by atoms with E-state index in [9.17, 15) is 4.39 Å². The molecule has 0 spiro atoms. The van der Waals surface area contributed by atoms with E-state index in [-0.39, 0.29) is 5.82 Å². The van der Waals surface area contributed by atoms with Gasteiger partial charge in [-0.1, -0.05) is 18.5 Å². The van der Waals surface area contributed by atoms with E-state index in [1.54, 1.807) is 12.1 Å². The van der Waals surface area contributed by atoms with Gasteiger partial charge < -0.3 is 0 Å². The van der Waals surface area contributed by atoms with E-state index in [4.69, 9.17) is 11.6 Å². The van der Waals surface area contributed by atoms with E-state index in [2.05, 4.69) is 32.8 Å². The fourth-order valence-electron chi connectivity index (χ4n) is 1.64. The maximum absolute atomic E-state index is 13.0. The van der Waals surface area contributed by atoms with Gasteiger partial charge >= 0.3 is 0 Å². The smallest absolute Gasteiger partial charge is 0.130 e. The summed E-state index contributed by atoms with van der Waals surface area (Å²) in [4.78, 5) is 8.72. The number of rotatable bonds is 3. The zero-order valence-corrected chi connectivity index (χ0v) is 12.1. The molecule has 1 heterocycles. The van der Waals surface area contributed by atoms with Crippen LogP contribution in [0.1, 0.15) is 19.2 Å². The maximum Gasteiger partial charge on any atom is 0.130 e. The minimum absolute atomic E-state index is 0.350. The van der Waals surface area contributed by atoms with Crippen molar-refractivity contribution in [3.8, 4) is 11.3 Å². The van der Waals surface area contributed by atoms with Gasteiger partial charge in [0.25, 0.3) is 0 Å². The van der Waals surface area contributed by atoms with E-state index >= 15 is 0 Å². The zero-order valence-electron chi connectivity index (χ0n) is 9.75. The summed E-state index contributed by atoms with van der Waals surface area (Å²) < 4.78 is 13.7. The highest BCUT2D eigenvalue weighted by atomic mass is 79.9. The van der Waals surface area contributed by atoms with Gasteiger partial charge in [-0.25, -0.2) is 14.4 Å². The van der Waals surface area contributed by atoms with Gasteiger partial charge in [-0.15, -0.1) is 0 Å². The third-order valence-corrected chi connectivity index (χ3v) is 3.14. The van der Waals surface area contributed by atoms with Gasteiger partial charge in [-0.05, 0) is 46.6 Å². The minimum Gasteiger partial charge on any atom is -0.233 e. The monoisotopic (exact) mass is 328 g/mol. The van der Waals surface area contributed by atoms with Crippen molar-refractivity contribution >= 4 is 27.5 Å². The topological polar surface area (TPSA) is 25.8 Å². The largest absolute Gasteiger partial charge is 0.233 e. The summed E-state index contributed by atoms with van der Waals surface area (Å²) in [5, 5.41) is 0.350. The first kappa shape index (κ1) is 13.4. The molecule has 2 rings (SSSR count). The Morgan fingerprint density at radius 1 is 1.28 bits per heavy atom. The number of hydrogen-bond donors (Lipinski definition) is 0. The second-order valence-corrected chi connectivity index (χ2v) is 5.09. The summed E-state index contributed by atoms with van der Waals surface area (Å²) in [5.74, 6) is 0.396. The van der Waals surface area contributed by atoms with Gasteiger partial charge in [-0.2, -0.15) is 0 Å². The van der Waals surface area contributed by atoms with Gasteiger partial charge in [-0.3, -0.25) is 0 Å². The number of aryl methyl sites for hydroxylation is 1. The molecule has 0 saturated carbocycles. The molecule has 5 heteroatoms. The number of halogens is 3. The van der Waals surface area contributed by atoms with Crippen molar-refractivity contribution < 1.29 is 4.39 Å². The van der Waals surface area contributed by atoms with Crippen LogP contribution in [0.3, 0.4) is 0 Å². The van der Waals surface area contributed by atoms with E-state index in [1.807, 2.05) is 0 Å². The van der Waals surface area contributed by atoms with Crippen LogP contribution in [0.2, 0.25) is 5.02 Å². The van der Waals surface area contributed by atoms with Crippen molar-refractivity contribution in [2.75, 3.05) is 0 Å². The fourth-order valence-corrected chi connectivity index (χ4v) is 2.32. The van der Waals surface area contributed by atoms with Crippen molar-refractivity contribution in [2.24, 2.45) is 0 Å². The molecule has 0 aliphatic heterocycles. The third-order valence-electron chi connectivity index (χ3n) is 2.42. The molecule has 1 aromatic carbocycles. The lowest BCUT2D eigenvalue weighted by Crippen LogP contribution is -1.97. The second-order valence-electron chi connectivity index (χ2n) is 3.87. The van der Waals surface area contributed by atoms with Crippen LogP contribution >= 0.6 is 27.5 Å². The first-order valence-corrected chi connectivity index (χ1v) is 6.76. The quantitative estimate of drug-likeness (QED) is 0.766. The van der Waals surface area contributed by atoms with Crippen LogP contribution in [0.25, 0.3) is 11.3 Å². The molecule has 0 aliphatic carbocycles. The number of hydrogen-bond acceptors (Lipinski definition) is 2. The maximum atomic E-state index is 13.0. The normalized spacial score (nSPS) is 10.7. The Labute approximate surface area is 118 Å². The summed E-state index contributed by atoms with van der Waals surface area (Å²) in [5.41, 5.74) is 1.41. The van der Waals surface area contributed by atoms with Crippen LogP contribution < -0.4 is 0 Å². The highest BCUT2D eigenvalue weighted by Gasteiger charge is 2.09. The lowest BCUT2D eigenvalue weighted by Gasteiger charge is -2.06. The van der Waals surface area contributed by atoms with Crippen LogP contribution in [0.4, 0.5) is 4.39 Å². The summed E-state index contributed by atoms with van der Waals surface area (Å²) in [7, 11) is 0. The average molecular weight is 330 g/mol. The molecule has 0 amide bonds. The van der Waals surface area contributed by atoms with Crippen LogP contribution in [-0.4, -0.2) is 9.97 Å². The van der Waals surface area contributed by atoms with Crippen molar-refractivity contribution in [1.82, 2.24) is 9.97 Å². The Hall–Kier alpha value is -1.00. The number of nitrogens with zero attached hydrogens (tertiary/aromatic N) is 2. The van der Waals surface area contributed by atoms with Crippen molar-refractivity contribution in [2.45, 2.75) is 19.8 Å². The molecule has 1 aromatic heterocycles. The summed E-state index contributed by atoms with van der Waals surface area (Å²) in [6, 6.07) is 6.06. The second kappa shape index (κ2) is 5.76. The summed E-state index contributed by atoms with van der Waals surface area (Å²) >= 11 is 9.38. The predicted molar refractivity (Wildman–Crippen MR) is 74.1 cm³/mol. The molecule has 94 valence electrons. The lowest BCUT2D eigenvalue weighted by molar-refractivity contribution is 0.628. The lowest BCUT2D eigenvalue weighted by atomic mass is 10.1. The third kappa shape index (κ3) is 3.06. The number of benzene rings is 1. The molecule has 0 fully saturated rings. The molecule has 0 saturated heterocycles. The van der Waals surface area contributed by atoms with Crippen LogP contribution in [0.15, 0.2) is 28.9 Å². The molecule has 0 aliphatic rings. The Kier molecular flexibility index (Phi) is 4.30. The predicted octanol–water partition coefficient (Wildman–Crippen LogP) is 4.65. The molecule has 0 atom stereocenters. The highest BCUT2D eigenvalue weighted by molar-refractivity contribution is 9.10. The van der Waals surface area contributed by atoms with Crippen molar-refractivity contribution in [1.29, 1.82) is 0 Å². The van der Waals surface area contributed by atoms with Gasteiger partial charge in [0.1, 0.15) is 16.2 Å². The van der Waals surface area contributed by atoms with Crippen LogP contribution in [-0.2, 0) is 6.42 Å². The molecule has 2 aromatic rings. The number of aromatic nitrogens is 2. The molecule has 0 radical (unpaired) electrons. The van der Waals surface area contributed by atoms with Crippen molar-refractivity contribution in [3.63, 3.8) is 0 Å². The molecule has 18 heavy (non-hydrogen) atoms. The van der Waals surface area contributed by atoms with Gasteiger partial charge in [0, 0.05) is 12.0 Å². The van der Waals surface area contributed by atoms with Crippen LogP contribution in [0, 0.1) is 5.82 Å². The first-order chi connectivity index (χ1) is 8.60. The highest BCUT2D eigenvalue weighted by Crippen LogP contribution is 2.28. The van der Waals surface area contributed by atoms with Crippen LogP contribution in [0.5, 0.6) is 0 Å². The SMILES string of the molecule is CCCc1nc(Br)cc(-c2ccc(F)cc2Cl)n1. The standard InChI is InChI=1S/C13H11BrClFN2/c1-2-3-13-17-11(7-12(14)18-13)9-5-4-8(16)6-10(9)15/h4-7H,2-3H2,1H3. The van der Waals surface area contributed by atoms with E-state index in [0.29, 0.717) is 20.9 Å². The zero-order chi connectivity index (χ0) is 13.1. The average Bonchev–Trinajstić information content (AvgIpc) is 2.28. The minimum atomic E-state index is -0.356. The van der Waals surface area contributed by atoms with E-state index < -0.39 is 0 Å². The molecule has 2 nitrogen and oxygen atoms in total. The summed E-state index contributed by atoms with van der Waals surface area (Å²) in [6.07, 6.45) is 1.76. The Balaban J connectivity index is 2.49. The molecule has 0 N–H and O–H groups in total. The van der Waals surface area contributed by atoms with E-state index in [1.165, 1.54) is 12.1 Å². The Bertz CT molecular complexity index is 575. The van der Waals surface area contributed by atoms with E-state index in [0.717, 1.165) is 18.7 Å². The van der Waals surface area contributed by atoms with Gasteiger partial charge in [0.15, 0.2) is 0 Å². The van der Waals surface area contributed by atoms with Gasteiger partial charge in [0.2, 0.25) is 0 Å². The Morgan fingerprint density at radius 3 is 2.72 bits per heavy atom. The van der Waals surface area contributed by atoms with Gasteiger partial charge in [0.05, 0.1) is 10.7 Å². The van der Waals surface area contributed by atoms with Crippen molar-refractivity contribution in [3.05, 3.63) is 45.5 Å². The first-order valence-electron chi connectivity index (χ1n) is 5.59. The molecule has 0 unspecified atom stereocenters. The molecule has 0 bridgehead atoms. The molecular formula is C13H11BrClFN2. The molecular weight excluding hydrogens is 319 g/mol. The summed E-state index contributed by atoms with van der Waals surface area (Å²) in [6.45, 7) is 2.06. The fraction of sp³-hybridized carbons (Fsp3) is 0.231.